The maximum atomic E-state index is 13.3. The van der Waals surface area contributed by atoms with Crippen molar-refractivity contribution in [2.24, 2.45) is 5.92 Å². The Morgan fingerprint density at radius 3 is 2.53 bits per heavy atom. The molecule has 2 aromatic carbocycles. The number of carbonyl (C=O) groups is 3. The summed E-state index contributed by atoms with van der Waals surface area (Å²) in [6.07, 6.45) is 1.07. The number of rotatable bonds is 5. The molecule has 154 valence electrons. The van der Waals surface area contributed by atoms with Gasteiger partial charge in [0.2, 0.25) is 5.91 Å². The molecule has 2 aromatic rings. The van der Waals surface area contributed by atoms with Crippen LogP contribution in [0.3, 0.4) is 0 Å². The summed E-state index contributed by atoms with van der Waals surface area (Å²) < 4.78 is 0. The normalized spacial score (nSPS) is 22.6. The van der Waals surface area contributed by atoms with E-state index in [0.29, 0.717) is 19.3 Å². The number of hydrogen-bond donors (Lipinski definition) is 2. The summed E-state index contributed by atoms with van der Waals surface area (Å²) >= 11 is 5.31. The van der Waals surface area contributed by atoms with E-state index in [2.05, 4.69) is 5.32 Å². The molecule has 30 heavy (non-hydrogen) atoms. The van der Waals surface area contributed by atoms with E-state index in [1.807, 2.05) is 54.6 Å². The fourth-order valence-electron chi connectivity index (χ4n) is 4.32. The van der Waals surface area contributed by atoms with Gasteiger partial charge in [-0.2, -0.15) is 0 Å². The molecule has 0 radical (unpaired) electrons. The topological polar surface area (TPSA) is 86.7 Å². The van der Waals surface area contributed by atoms with Crippen molar-refractivity contribution in [1.82, 2.24) is 10.2 Å². The first kappa shape index (κ1) is 20.2. The van der Waals surface area contributed by atoms with Crippen molar-refractivity contribution in [2.75, 3.05) is 6.54 Å². The van der Waals surface area contributed by atoms with Crippen LogP contribution in [0.4, 0.5) is 0 Å². The minimum absolute atomic E-state index is 0.147. The highest BCUT2D eigenvalue weighted by atomic mass is 32.1. The standard InChI is InChI=1S/C23H22N2O4S/c26-21(20(30)10-14-6-2-1-3-7-14)24-18-11-15-8-4-5-9-17(15)19-12-16(23(28)29)13-25(19)22(18)27/h1-9,16,18-19H,10-13H2,(H,24,26)(H,28,29)/t16-,18+,19-/m1/s1. The molecule has 7 heteroatoms. The summed E-state index contributed by atoms with van der Waals surface area (Å²) in [6.45, 7) is 0.147. The molecule has 0 bridgehead atoms. The molecule has 6 nitrogen and oxygen atoms in total. The van der Waals surface area contributed by atoms with Crippen molar-refractivity contribution < 1.29 is 19.5 Å². The number of fused-ring (bicyclic) bond motifs is 3. The molecule has 0 spiro atoms. The second kappa shape index (κ2) is 8.36. The van der Waals surface area contributed by atoms with Crippen LogP contribution >= 0.6 is 12.2 Å². The number of carboxylic acid groups (broad SMARTS) is 1. The maximum Gasteiger partial charge on any atom is 0.308 e. The molecule has 0 aliphatic carbocycles. The lowest BCUT2D eigenvalue weighted by Crippen LogP contribution is -2.50. The summed E-state index contributed by atoms with van der Waals surface area (Å²) in [5.74, 6) is -2.20. The molecular formula is C23H22N2O4S. The minimum Gasteiger partial charge on any atom is -0.481 e. The van der Waals surface area contributed by atoms with Gasteiger partial charge in [-0.25, -0.2) is 0 Å². The molecule has 2 aliphatic heterocycles. The van der Waals surface area contributed by atoms with Crippen LogP contribution in [0.2, 0.25) is 0 Å². The fourth-order valence-corrected chi connectivity index (χ4v) is 4.54. The van der Waals surface area contributed by atoms with Crippen LogP contribution in [0.5, 0.6) is 0 Å². The predicted molar refractivity (Wildman–Crippen MR) is 115 cm³/mol. The molecule has 0 unspecified atom stereocenters. The highest BCUT2D eigenvalue weighted by Gasteiger charge is 2.44. The molecular weight excluding hydrogens is 400 g/mol. The van der Waals surface area contributed by atoms with Gasteiger partial charge in [-0.1, -0.05) is 66.8 Å². The van der Waals surface area contributed by atoms with Crippen molar-refractivity contribution >= 4 is 34.9 Å². The van der Waals surface area contributed by atoms with Crippen LogP contribution in [0.25, 0.3) is 0 Å². The number of aliphatic carboxylic acids is 1. The third-order valence-electron chi connectivity index (χ3n) is 5.84. The first-order valence-electron chi connectivity index (χ1n) is 9.92. The van der Waals surface area contributed by atoms with Gasteiger partial charge in [-0.3, -0.25) is 14.4 Å². The Labute approximate surface area is 179 Å². The van der Waals surface area contributed by atoms with Gasteiger partial charge in [0.15, 0.2) is 0 Å². The molecule has 2 aliphatic rings. The first-order chi connectivity index (χ1) is 14.4. The lowest BCUT2D eigenvalue weighted by molar-refractivity contribution is -0.141. The highest BCUT2D eigenvalue weighted by molar-refractivity contribution is 7.82. The van der Waals surface area contributed by atoms with Crippen molar-refractivity contribution in [3.63, 3.8) is 0 Å². The minimum atomic E-state index is -0.905. The van der Waals surface area contributed by atoms with Crippen LogP contribution in [0.15, 0.2) is 54.6 Å². The number of hydrogen-bond acceptors (Lipinski definition) is 4. The summed E-state index contributed by atoms with van der Waals surface area (Å²) in [5, 5.41) is 12.3. The molecule has 1 fully saturated rings. The van der Waals surface area contributed by atoms with E-state index < -0.39 is 23.8 Å². The molecule has 2 amide bonds. The van der Waals surface area contributed by atoms with Crippen LogP contribution in [0, 0.1) is 5.92 Å². The van der Waals surface area contributed by atoms with Gasteiger partial charge in [-0.15, -0.1) is 0 Å². The van der Waals surface area contributed by atoms with Gasteiger partial charge in [0.05, 0.1) is 16.8 Å². The van der Waals surface area contributed by atoms with Gasteiger partial charge in [0, 0.05) is 19.4 Å². The van der Waals surface area contributed by atoms with Crippen molar-refractivity contribution in [1.29, 1.82) is 0 Å². The molecule has 0 saturated carbocycles. The van der Waals surface area contributed by atoms with E-state index in [-0.39, 0.29) is 23.4 Å². The Morgan fingerprint density at radius 1 is 1.10 bits per heavy atom. The second-order valence-electron chi connectivity index (χ2n) is 7.79. The van der Waals surface area contributed by atoms with Crippen LogP contribution in [-0.2, 0) is 27.2 Å². The van der Waals surface area contributed by atoms with E-state index in [1.54, 1.807) is 4.90 Å². The number of nitrogens with zero attached hydrogens (tertiary/aromatic N) is 1. The third-order valence-corrected chi connectivity index (χ3v) is 6.17. The zero-order chi connectivity index (χ0) is 21.3. The second-order valence-corrected chi connectivity index (χ2v) is 8.28. The van der Waals surface area contributed by atoms with Crippen molar-refractivity contribution in [3.05, 3.63) is 71.3 Å². The van der Waals surface area contributed by atoms with Gasteiger partial charge in [-0.05, 0) is 23.1 Å². The SMILES string of the molecule is O=C(N[C@H]1Cc2ccccc2[C@H]2C[C@@H](C(=O)O)CN2C1=O)C(=S)Cc1ccccc1. The number of carboxylic acids is 1. The van der Waals surface area contributed by atoms with E-state index >= 15 is 0 Å². The Kier molecular flexibility index (Phi) is 5.63. The Bertz CT molecular complexity index is 1010. The van der Waals surface area contributed by atoms with Gasteiger partial charge < -0.3 is 15.3 Å². The van der Waals surface area contributed by atoms with E-state index in [1.165, 1.54) is 0 Å². The smallest absolute Gasteiger partial charge is 0.308 e. The quantitative estimate of drug-likeness (QED) is 0.722. The van der Waals surface area contributed by atoms with Gasteiger partial charge >= 0.3 is 5.97 Å². The zero-order valence-corrected chi connectivity index (χ0v) is 17.1. The summed E-state index contributed by atoms with van der Waals surface area (Å²) in [5.41, 5.74) is 2.83. The molecule has 2 heterocycles. The zero-order valence-electron chi connectivity index (χ0n) is 16.3. The average Bonchev–Trinajstić information content (AvgIpc) is 3.15. The van der Waals surface area contributed by atoms with Crippen LogP contribution in [-0.4, -0.2) is 45.2 Å². The first-order valence-corrected chi connectivity index (χ1v) is 10.3. The lowest BCUT2D eigenvalue weighted by atomic mass is 9.94. The Morgan fingerprint density at radius 2 is 1.80 bits per heavy atom. The lowest BCUT2D eigenvalue weighted by Gasteiger charge is -2.26. The number of thiocarbonyl (C=S) groups is 1. The highest BCUT2D eigenvalue weighted by Crippen LogP contribution is 2.40. The largest absolute Gasteiger partial charge is 0.481 e. The number of amides is 2. The number of nitrogens with one attached hydrogen (secondary N) is 1. The van der Waals surface area contributed by atoms with Gasteiger partial charge in [0.25, 0.3) is 5.91 Å². The summed E-state index contributed by atoms with van der Waals surface area (Å²) in [4.78, 5) is 39.4. The molecule has 4 rings (SSSR count). The monoisotopic (exact) mass is 422 g/mol. The Balaban J connectivity index is 1.55. The van der Waals surface area contributed by atoms with Crippen molar-refractivity contribution in [3.8, 4) is 0 Å². The molecule has 3 atom stereocenters. The summed E-state index contributed by atoms with van der Waals surface area (Å²) in [6, 6.07) is 16.0. The molecule has 1 saturated heterocycles. The number of carbonyl (C=O) groups excluding carboxylic acids is 2. The van der Waals surface area contributed by atoms with E-state index in [4.69, 9.17) is 12.2 Å². The average molecular weight is 423 g/mol. The molecule has 2 N–H and O–H groups in total. The van der Waals surface area contributed by atoms with Crippen LogP contribution in [0.1, 0.15) is 29.2 Å². The van der Waals surface area contributed by atoms with E-state index in [9.17, 15) is 19.5 Å². The van der Waals surface area contributed by atoms with Crippen molar-refractivity contribution in [2.45, 2.75) is 31.3 Å². The van der Waals surface area contributed by atoms with E-state index in [0.717, 1.165) is 16.7 Å². The summed E-state index contributed by atoms with van der Waals surface area (Å²) in [7, 11) is 0. The molecule has 0 aromatic heterocycles. The number of benzene rings is 2. The maximum absolute atomic E-state index is 13.3. The fraction of sp³-hybridized carbons (Fsp3) is 0.304. The predicted octanol–water partition coefficient (Wildman–Crippen LogP) is 2.31. The third kappa shape index (κ3) is 3.98. The van der Waals surface area contributed by atoms with Crippen LogP contribution < -0.4 is 5.32 Å². The Hall–Kier alpha value is -3.06. The van der Waals surface area contributed by atoms with Gasteiger partial charge in [0.1, 0.15) is 6.04 Å².